The van der Waals surface area contributed by atoms with Gasteiger partial charge in [-0.2, -0.15) is 0 Å². The van der Waals surface area contributed by atoms with E-state index in [0.717, 1.165) is 24.8 Å². The fourth-order valence-electron chi connectivity index (χ4n) is 4.30. The van der Waals surface area contributed by atoms with Crippen LogP contribution in [-0.2, 0) is 10.2 Å². The molecule has 0 aliphatic carbocycles. The van der Waals surface area contributed by atoms with Crippen LogP contribution in [0.1, 0.15) is 97.6 Å². The molecule has 8 heteroatoms. The number of amides is 2. The van der Waals surface area contributed by atoms with Crippen molar-refractivity contribution in [3.05, 3.63) is 52.6 Å². The zero-order valence-corrected chi connectivity index (χ0v) is 22.1. The van der Waals surface area contributed by atoms with Crippen LogP contribution in [0, 0.1) is 0 Å². The van der Waals surface area contributed by atoms with Gasteiger partial charge in [0.05, 0.1) is 14.2 Å². The third-order valence-electron chi connectivity index (χ3n) is 6.20. The van der Waals surface area contributed by atoms with Crippen molar-refractivity contribution in [1.82, 2.24) is 0 Å². The fraction of sp³-hybridized carbons (Fsp3) is 0.464. The van der Waals surface area contributed by atoms with Gasteiger partial charge in [-0.1, -0.05) is 53.0 Å². The van der Waals surface area contributed by atoms with Crippen molar-refractivity contribution in [2.24, 2.45) is 5.73 Å². The number of benzene rings is 2. The molecule has 0 saturated heterocycles. The second-order valence-electron chi connectivity index (χ2n) is 9.92. The molecule has 1 unspecified atom stereocenters. The van der Waals surface area contributed by atoms with Gasteiger partial charge in [0.2, 0.25) is 11.8 Å². The van der Waals surface area contributed by atoms with E-state index in [1.807, 2.05) is 20.8 Å². The highest BCUT2D eigenvalue weighted by Crippen LogP contribution is 2.38. The Morgan fingerprint density at radius 3 is 2.22 bits per heavy atom. The zero-order valence-electron chi connectivity index (χ0n) is 22.1. The smallest absolute Gasteiger partial charge is 0.339 e. The Morgan fingerprint density at radius 2 is 1.69 bits per heavy atom. The highest BCUT2D eigenvalue weighted by Gasteiger charge is 2.26. The van der Waals surface area contributed by atoms with Gasteiger partial charge in [0.15, 0.2) is 0 Å². The Bertz CT molecular complexity index is 1100. The summed E-state index contributed by atoms with van der Waals surface area (Å²) in [7, 11) is 2.91. The van der Waals surface area contributed by atoms with Crippen LogP contribution in [0.2, 0.25) is 0 Å². The number of unbranched alkanes of at least 4 members (excludes halogenated alkanes) is 2. The Labute approximate surface area is 213 Å². The van der Waals surface area contributed by atoms with E-state index in [2.05, 4.69) is 12.2 Å². The SMILES string of the molecule is CCCCCC(CC(=O)Nc1cc(C(N)=O)ccc1C(C)(C)C)c1cc(C(=O)O)c(OC)cc1OC. The maximum absolute atomic E-state index is 13.3. The fourth-order valence-corrected chi connectivity index (χ4v) is 4.30. The van der Waals surface area contributed by atoms with Gasteiger partial charge in [0, 0.05) is 23.7 Å². The summed E-state index contributed by atoms with van der Waals surface area (Å²) in [5.74, 6) is -1.57. The Kier molecular flexibility index (Phi) is 9.90. The Morgan fingerprint density at radius 1 is 1.03 bits per heavy atom. The van der Waals surface area contributed by atoms with Crippen LogP contribution in [0.4, 0.5) is 5.69 Å². The molecule has 0 fully saturated rings. The van der Waals surface area contributed by atoms with Gasteiger partial charge in [-0.25, -0.2) is 4.79 Å². The lowest BCUT2D eigenvalue weighted by molar-refractivity contribution is -0.116. The number of anilines is 1. The maximum atomic E-state index is 13.3. The molecule has 0 aliphatic heterocycles. The average Bonchev–Trinajstić information content (AvgIpc) is 2.81. The van der Waals surface area contributed by atoms with Gasteiger partial charge in [0.25, 0.3) is 0 Å². The first kappa shape index (κ1) is 28.7. The first-order valence-corrected chi connectivity index (χ1v) is 12.2. The number of nitrogens with two attached hydrogens (primary N) is 1. The summed E-state index contributed by atoms with van der Waals surface area (Å²) >= 11 is 0. The number of carboxylic acids is 1. The van der Waals surface area contributed by atoms with E-state index in [-0.39, 0.29) is 35.0 Å². The predicted octanol–water partition coefficient (Wildman–Crippen LogP) is 5.49. The minimum Gasteiger partial charge on any atom is -0.496 e. The minimum atomic E-state index is -1.12. The quantitative estimate of drug-likeness (QED) is 0.332. The van der Waals surface area contributed by atoms with Crippen molar-refractivity contribution in [1.29, 1.82) is 0 Å². The van der Waals surface area contributed by atoms with E-state index in [0.29, 0.717) is 29.0 Å². The average molecular weight is 499 g/mol. The second kappa shape index (κ2) is 12.4. The predicted molar refractivity (Wildman–Crippen MR) is 140 cm³/mol. The number of carboxylic acid groups (broad SMARTS) is 1. The van der Waals surface area contributed by atoms with Crippen molar-refractivity contribution >= 4 is 23.5 Å². The summed E-state index contributed by atoms with van der Waals surface area (Å²) in [6.07, 6.45) is 3.65. The van der Waals surface area contributed by atoms with Crippen molar-refractivity contribution < 1.29 is 29.0 Å². The number of nitrogens with one attached hydrogen (secondary N) is 1. The minimum absolute atomic E-state index is 0.0124. The van der Waals surface area contributed by atoms with E-state index in [9.17, 15) is 19.5 Å². The summed E-state index contributed by atoms with van der Waals surface area (Å²) < 4.78 is 10.8. The van der Waals surface area contributed by atoms with E-state index >= 15 is 0 Å². The van der Waals surface area contributed by atoms with E-state index in [4.69, 9.17) is 15.2 Å². The summed E-state index contributed by atoms with van der Waals surface area (Å²) in [6, 6.07) is 8.15. The third-order valence-corrected chi connectivity index (χ3v) is 6.20. The molecule has 0 aromatic heterocycles. The summed E-state index contributed by atoms with van der Waals surface area (Å²) in [5.41, 5.74) is 7.55. The third kappa shape index (κ3) is 7.23. The highest BCUT2D eigenvalue weighted by molar-refractivity contribution is 5.97. The van der Waals surface area contributed by atoms with Crippen LogP contribution in [-0.4, -0.2) is 37.1 Å². The molecule has 2 rings (SSSR count). The molecule has 1 atom stereocenters. The van der Waals surface area contributed by atoms with Gasteiger partial charge in [-0.3, -0.25) is 9.59 Å². The van der Waals surface area contributed by atoms with Crippen LogP contribution < -0.4 is 20.5 Å². The van der Waals surface area contributed by atoms with E-state index < -0.39 is 11.9 Å². The van der Waals surface area contributed by atoms with Crippen LogP contribution in [0.5, 0.6) is 11.5 Å². The molecule has 0 radical (unpaired) electrons. The lowest BCUT2D eigenvalue weighted by atomic mass is 9.84. The van der Waals surface area contributed by atoms with Crippen LogP contribution >= 0.6 is 0 Å². The number of methoxy groups -OCH3 is 2. The van der Waals surface area contributed by atoms with Gasteiger partial charge >= 0.3 is 5.97 Å². The van der Waals surface area contributed by atoms with E-state index in [1.54, 1.807) is 24.3 Å². The zero-order chi connectivity index (χ0) is 27.0. The topological polar surface area (TPSA) is 128 Å². The summed E-state index contributed by atoms with van der Waals surface area (Å²) in [5, 5.41) is 12.7. The van der Waals surface area contributed by atoms with Crippen LogP contribution in [0.15, 0.2) is 30.3 Å². The number of rotatable bonds is 12. The molecule has 196 valence electrons. The van der Waals surface area contributed by atoms with Crippen molar-refractivity contribution in [2.75, 3.05) is 19.5 Å². The molecule has 4 N–H and O–H groups in total. The molecule has 0 heterocycles. The number of carbonyl (C=O) groups is 3. The molecular formula is C28H38N2O6. The maximum Gasteiger partial charge on any atom is 0.339 e. The Hall–Kier alpha value is -3.55. The first-order chi connectivity index (χ1) is 16.9. The number of aromatic carboxylic acids is 1. The van der Waals surface area contributed by atoms with Crippen LogP contribution in [0.25, 0.3) is 0 Å². The molecule has 0 bridgehead atoms. The molecule has 0 aliphatic rings. The summed E-state index contributed by atoms with van der Waals surface area (Å²) in [6.45, 7) is 8.15. The molecule has 8 nitrogen and oxygen atoms in total. The first-order valence-electron chi connectivity index (χ1n) is 12.2. The second-order valence-corrected chi connectivity index (χ2v) is 9.92. The standard InChI is InChI=1S/C28H38N2O6/c1-7-8-9-10-17(19-15-20(27(33)34)24(36-6)16-23(19)35-5)14-25(31)30-22-13-18(26(29)32)11-12-21(22)28(2,3)4/h11-13,15-17H,7-10,14H2,1-6H3,(H2,29,32)(H,30,31)(H,33,34). The number of carbonyl (C=O) groups excluding carboxylic acids is 2. The lowest BCUT2D eigenvalue weighted by Crippen LogP contribution is -2.22. The molecule has 0 saturated carbocycles. The van der Waals surface area contributed by atoms with Gasteiger partial charge < -0.3 is 25.6 Å². The van der Waals surface area contributed by atoms with Gasteiger partial charge in [-0.05, 0) is 47.1 Å². The van der Waals surface area contributed by atoms with Crippen molar-refractivity contribution in [2.45, 2.75) is 71.1 Å². The molecule has 2 aromatic rings. The number of ether oxygens (including phenoxy) is 2. The Balaban J connectivity index is 2.46. The summed E-state index contributed by atoms with van der Waals surface area (Å²) in [4.78, 5) is 36.9. The van der Waals surface area contributed by atoms with Crippen molar-refractivity contribution in [3.8, 4) is 11.5 Å². The largest absolute Gasteiger partial charge is 0.496 e. The molecule has 2 amide bonds. The normalized spacial score (nSPS) is 12.1. The van der Waals surface area contributed by atoms with Gasteiger partial charge in [-0.15, -0.1) is 0 Å². The number of hydrogen-bond acceptors (Lipinski definition) is 5. The number of hydrogen-bond donors (Lipinski definition) is 3. The molecular weight excluding hydrogens is 460 g/mol. The van der Waals surface area contributed by atoms with Crippen LogP contribution in [0.3, 0.4) is 0 Å². The van der Waals surface area contributed by atoms with E-state index in [1.165, 1.54) is 20.3 Å². The van der Waals surface area contributed by atoms with Crippen molar-refractivity contribution in [3.63, 3.8) is 0 Å². The van der Waals surface area contributed by atoms with Gasteiger partial charge in [0.1, 0.15) is 17.1 Å². The molecule has 2 aromatic carbocycles. The molecule has 0 spiro atoms. The highest BCUT2D eigenvalue weighted by atomic mass is 16.5. The molecule has 36 heavy (non-hydrogen) atoms. The monoisotopic (exact) mass is 498 g/mol. The number of primary amides is 1. The lowest BCUT2D eigenvalue weighted by Gasteiger charge is -2.25.